The molecule has 116 valence electrons. The molecule has 2 bridgehead atoms. The Morgan fingerprint density at radius 2 is 2.00 bits per heavy atom. The predicted molar refractivity (Wildman–Crippen MR) is 85.2 cm³/mol. The lowest BCUT2D eigenvalue weighted by Gasteiger charge is -2.41. The Hall–Kier alpha value is -0.640. The average Bonchev–Trinajstić information content (AvgIpc) is 2.78. The highest BCUT2D eigenvalue weighted by molar-refractivity contribution is 6.31. The van der Waals surface area contributed by atoms with Crippen molar-refractivity contribution in [2.24, 2.45) is 0 Å². The van der Waals surface area contributed by atoms with Crippen molar-refractivity contribution in [1.29, 1.82) is 0 Å². The molecule has 21 heavy (non-hydrogen) atoms. The fourth-order valence-electron chi connectivity index (χ4n) is 4.17. The van der Waals surface area contributed by atoms with E-state index in [9.17, 15) is 4.39 Å². The Bertz CT molecular complexity index is 496. The monoisotopic (exact) mass is 310 g/mol. The first-order valence-electron chi connectivity index (χ1n) is 8.05. The number of rotatable bonds is 4. The van der Waals surface area contributed by atoms with Crippen molar-refractivity contribution < 1.29 is 4.39 Å². The van der Waals surface area contributed by atoms with Gasteiger partial charge in [-0.2, -0.15) is 0 Å². The average molecular weight is 311 g/mol. The van der Waals surface area contributed by atoms with Crippen molar-refractivity contribution >= 4 is 11.6 Å². The molecule has 1 aromatic rings. The molecule has 2 nitrogen and oxygen atoms in total. The summed E-state index contributed by atoms with van der Waals surface area (Å²) in [5.41, 5.74) is 1.03. The van der Waals surface area contributed by atoms with Crippen LogP contribution >= 0.6 is 11.6 Å². The summed E-state index contributed by atoms with van der Waals surface area (Å²) in [7, 11) is 0. The lowest BCUT2D eigenvalue weighted by molar-refractivity contribution is 0.108. The Morgan fingerprint density at radius 3 is 2.57 bits per heavy atom. The maximum atomic E-state index is 13.3. The lowest BCUT2D eigenvalue weighted by Crippen LogP contribution is -2.48. The second-order valence-corrected chi connectivity index (χ2v) is 6.84. The summed E-state index contributed by atoms with van der Waals surface area (Å²) >= 11 is 6.26. The van der Waals surface area contributed by atoms with Crippen LogP contribution in [0.15, 0.2) is 18.2 Å². The van der Waals surface area contributed by atoms with Crippen molar-refractivity contribution in [3.8, 4) is 0 Å². The molecule has 0 amide bonds. The van der Waals surface area contributed by atoms with Gasteiger partial charge in [-0.3, -0.25) is 4.90 Å². The summed E-state index contributed by atoms with van der Waals surface area (Å²) in [4.78, 5) is 2.53. The van der Waals surface area contributed by atoms with E-state index < -0.39 is 0 Å². The molecule has 4 heteroatoms. The van der Waals surface area contributed by atoms with Gasteiger partial charge in [0.05, 0.1) is 0 Å². The number of piperidine rings is 1. The van der Waals surface area contributed by atoms with E-state index in [1.807, 2.05) is 6.07 Å². The van der Waals surface area contributed by atoms with Gasteiger partial charge in [0.25, 0.3) is 0 Å². The van der Waals surface area contributed by atoms with Crippen LogP contribution in [0, 0.1) is 5.82 Å². The fraction of sp³-hybridized carbons (Fsp3) is 0.647. The quantitative estimate of drug-likeness (QED) is 0.899. The number of hydrogen-bond acceptors (Lipinski definition) is 2. The Morgan fingerprint density at radius 1 is 1.33 bits per heavy atom. The van der Waals surface area contributed by atoms with Gasteiger partial charge in [-0.25, -0.2) is 4.39 Å². The molecule has 2 fully saturated rings. The molecule has 2 saturated heterocycles. The SMILES string of the molecule is CCN(C1CC2CCC(C1)N2)C(C)c1ccc(F)cc1Cl. The number of nitrogens with zero attached hydrogens (tertiary/aromatic N) is 1. The van der Waals surface area contributed by atoms with Crippen LogP contribution in [-0.4, -0.2) is 29.6 Å². The molecule has 0 saturated carbocycles. The number of nitrogens with one attached hydrogen (secondary N) is 1. The second kappa shape index (κ2) is 6.23. The standard InChI is InChI=1S/C17H24ClFN2/c1-3-21(15-9-13-5-6-14(10-15)20-13)11(2)16-7-4-12(19)8-17(16)18/h4,7-8,11,13-15,20H,3,5-6,9-10H2,1-2H3. The minimum atomic E-state index is -0.265. The van der Waals surface area contributed by atoms with Gasteiger partial charge in [0, 0.05) is 29.2 Å². The fourth-order valence-corrected chi connectivity index (χ4v) is 4.49. The van der Waals surface area contributed by atoms with Crippen LogP contribution in [0.2, 0.25) is 5.02 Å². The van der Waals surface area contributed by atoms with Crippen LogP contribution in [-0.2, 0) is 0 Å². The van der Waals surface area contributed by atoms with Gasteiger partial charge < -0.3 is 5.32 Å². The maximum absolute atomic E-state index is 13.3. The molecule has 1 aromatic carbocycles. The van der Waals surface area contributed by atoms with E-state index in [1.165, 1.54) is 37.8 Å². The van der Waals surface area contributed by atoms with E-state index >= 15 is 0 Å². The number of halogens is 2. The second-order valence-electron chi connectivity index (χ2n) is 6.44. The van der Waals surface area contributed by atoms with Gasteiger partial charge in [-0.05, 0) is 56.8 Å². The smallest absolute Gasteiger partial charge is 0.124 e. The molecule has 3 unspecified atom stereocenters. The summed E-state index contributed by atoms with van der Waals surface area (Å²) in [5.74, 6) is -0.265. The van der Waals surface area contributed by atoms with Crippen LogP contribution in [0.3, 0.4) is 0 Å². The molecule has 2 heterocycles. The highest BCUT2D eigenvalue weighted by Crippen LogP contribution is 2.35. The van der Waals surface area contributed by atoms with Gasteiger partial charge in [0.1, 0.15) is 5.82 Å². The van der Waals surface area contributed by atoms with E-state index in [1.54, 1.807) is 0 Å². The molecule has 2 aliphatic rings. The van der Waals surface area contributed by atoms with Crippen molar-refractivity contribution in [1.82, 2.24) is 10.2 Å². The van der Waals surface area contributed by atoms with E-state index in [0.29, 0.717) is 23.1 Å². The summed E-state index contributed by atoms with van der Waals surface area (Å²) < 4.78 is 13.3. The molecule has 0 aliphatic carbocycles. The van der Waals surface area contributed by atoms with Gasteiger partial charge in [0.15, 0.2) is 0 Å². The normalized spacial score (nSPS) is 29.9. The first kappa shape index (κ1) is 15.3. The summed E-state index contributed by atoms with van der Waals surface area (Å²) in [6.07, 6.45) is 5.05. The van der Waals surface area contributed by atoms with Crippen LogP contribution < -0.4 is 5.32 Å². The number of hydrogen-bond donors (Lipinski definition) is 1. The van der Waals surface area contributed by atoms with Crippen molar-refractivity contribution in [2.75, 3.05) is 6.54 Å². The summed E-state index contributed by atoms with van der Waals surface area (Å²) in [6.45, 7) is 5.39. The molecular formula is C17H24ClFN2. The first-order chi connectivity index (χ1) is 10.1. The third-order valence-corrected chi connectivity index (χ3v) is 5.52. The maximum Gasteiger partial charge on any atom is 0.124 e. The lowest BCUT2D eigenvalue weighted by atomic mass is 9.95. The summed E-state index contributed by atoms with van der Waals surface area (Å²) in [6, 6.07) is 6.96. The van der Waals surface area contributed by atoms with E-state index in [4.69, 9.17) is 11.6 Å². The topological polar surface area (TPSA) is 15.3 Å². The summed E-state index contributed by atoms with van der Waals surface area (Å²) in [5, 5.41) is 4.23. The third-order valence-electron chi connectivity index (χ3n) is 5.19. The van der Waals surface area contributed by atoms with E-state index in [-0.39, 0.29) is 11.9 Å². The zero-order valence-corrected chi connectivity index (χ0v) is 13.5. The van der Waals surface area contributed by atoms with Crippen LogP contribution in [0.5, 0.6) is 0 Å². The van der Waals surface area contributed by atoms with Crippen molar-refractivity contribution in [2.45, 2.75) is 63.7 Å². The molecular weight excluding hydrogens is 287 g/mol. The number of fused-ring (bicyclic) bond motifs is 2. The molecule has 3 atom stereocenters. The highest BCUT2D eigenvalue weighted by atomic mass is 35.5. The molecule has 1 N–H and O–H groups in total. The zero-order chi connectivity index (χ0) is 15.0. The zero-order valence-electron chi connectivity index (χ0n) is 12.8. The molecule has 0 aromatic heterocycles. The first-order valence-corrected chi connectivity index (χ1v) is 8.43. The van der Waals surface area contributed by atoms with Gasteiger partial charge in [-0.15, -0.1) is 0 Å². The van der Waals surface area contributed by atoms with Gasteiger partial charge in [0.2, 0.25) is 0 Å². The third kappa shape index (κ3) is 3.10. The van der Waals surface area contributed by atoms with E-state index in [2.05, 4.69) is 24.1 Å². The Balaban J connectivity index is 1.79. The highest BCUT2D eigenvalue weighted by Gasteiger charge is 2.37. The predicted octanol–water partition coefficient (Wildman–Crippen LogP) is 4.15. The van der Waals surface area contributed by atoms with E-state index in [0.717, 1.165) is 12.1 Å². The molecule has 0 spiro atoms. The largest absolute Gasteiger partial charge is 0.311 e. The van der Waals surface area contributed by atoms with Crippen LogP contribution in [0.1, 0.15) is 51.1 Å². The van der Waals surface area contributed by atoms with Crippen molar-refractivity contribution in [3.63, 3.8) is 0 Å². The molecule has 3 rings (SSSR count). The minimum absolute atomic E-state index is 0.227. The Labute approximate surface area is 131 Å². The molecule has 2 aliphatic heterocycles. The van der Waals surface area contributed by atoms with Crippen LogP contribution in [0.4, 0.5) is 4.39 Å². The minimum Gasteiger partial charge on any atom is -0.311 e. The van der Waals surface area contributed by atoms with Gasteiger partial charge in [-0.1, -0.05) is 24.6 Å². The molecule has 0 radical (unpaired) electrons. The van der Waals surface area contributed by atoms with Crippen molar-refractivity contribution in [3.05, 3.63) is 34.6 Å². The number of benzene rings is 1. The van der Waals surface area contributed by atoms with Gasteiger partial charge >= 0.3 is 0 Å². The Kier molecular flexibility index (Phi) is 4.53. The van der Waals surface area contributed by atoms with Crippen LogP contribution in [0.25, 0.3) is 0 Å².